The van der Waals surface area contributed by atoms with Crippen LogP contribution in [-0.4, -0.2) is 25.9 Å². The number of alkyl carbamates (subject to hydrolysis) is 1. The summed E-state index contributed by atoms with van der Waals surface area (Å²) in [5.41, 5.74) is 4.35. The minimum atomic E-state index is -3.07. The molecular formula is C25H20F3NO3. The van der Waals surface area contributed by atoms with Gasteiger partial charge < -0.3 is 14.8 Å². The number of halogens is 3. The van der Waals surface area contributed by atoms with Gasteiger partial charge in [-0.1, -0.05) is 66.7 Å². The fourth-order valence-corrected chi connectivity index (χ4v) is 3.85. The Labute approximate surface area is 183 Å². The van der Waals surface area contributed by atoms with Crippen LogP contribution in [0.5, 0.6) is 5.75 Å². The molecule has 1 aliphatic rings. The summed E-state index contributed by atoms with van der Waals surface area (Å²) >= 11 is 0. The van der Waals surface area contributed by atoms with E-state index in [0.29, 0.717) is 0 Å². The lowest BCUT2D eigenvalue weighted by Gasteiger charge is -2.14. The maximum Gasteiger partial charge on any atom is 0.407 e. The predicted octanol–water partition coefficient (Wildman–Crippen LogP) is 5.98. The Morgan fingerprint density at radius 3 is 2.28 bits per heavy atom. The molecule has 3 aromatic carbocycles. The van der Waals surface area contributed by atoms with Crippen LogP contribution in [0, 0.1) is 5.82 Å². The Hall–Kier alpha value is -3.74. The molecule has 0 aliphatic heterocycles. The van der Waals surface area contributed by atoms with Crippen molar-refractivity contribution in [3.63, 3.8) is 0 Å². The molecule has 1 aliphatic carbocycles. The molecule has 0 aromatic heterocycles. The first-order valence-electron chi connectivity index (χ1n) is 10.0. The number of fused-ring (bicyclic) bond motifs is 3. The first-order chi connectivity index (χ1) is 15.5. The highest BCUT2D eigenvalue weighted by Gasteiger charge is 2.28. The Balaban J connectivity index is 1.34. The fraction of sp³-hybridized carbons (Fsp3) is 0.160. The monoisotopic (exact) mass is 439 g/mol. The molecule has 4 nitrogen and oxygen atoms in total. The minimum absolute atomic E-state index is 0.0269. The van der Waals surface area contributed by atoms with E-state index in [1.54, 1.807) is 0 Å². The summed E-state index contributed by atoms with van der Waals surface area (Å²) in [5, 5.41) is 2.55. The van der Waals surface area contributed by atoms with Gasteiger partial charge in [0.15, 0.2) is 0 Å². The molecule has 0 saturated carbocycles. The van der Waals surface area contributed by atoms with E-state index in [1.807, 2.05) is 48.5 Å². The molecule has 0 heterocycles. The van der Waals surface area contributed by atoms with E-state index >= 15 is 0 Å². The number of nitrogens with one attached hydrogen (secondary N) is 1. The van der Waals surface area contributed by atoms with Gasteiger partial charge in [-0.2, -0.15) is 8.78 Å². The molecule has 4 rings (SSSR count). The fourth-order valence-electron chi connectivity index (χ4n) is 3.85. The molecule has 3 aromatic rings. The summed E-state index contributed by atoms with van der Waals surface area (Å²) in [4.78, 5) is 12.1. The molecule has 32 heavy (non-hydrogen) atoms. The maximum absolute atomic E-state index is 13.9. The Bertz CT molecular complexity index is 1100. The lowest BCUT2D eigenvalue weighted by Crippen LogP contribution is -2.26. The van der Waals surface area contributed by atoms with Gasteiger partial charge in [0.05, 0.1) is 5.56 Å². The van der Waals surface area contributed by atoms with Crippen molar-refractivity contribution in [1.82, 2.24) is 5.32 Å². The standard InChI is InChI=1S/C25H20F3NO3/c26-22-12-5-13-23(32-24(27)28)20(22)11-6-14-29-25(30)31-15-21-18-9-3-1-7-16(18)17-8-2-4-10-19(17)21/h1-13,21,24H,14-15H2,(H,29,30). The summed E-state index contributed by atoms with van der Waals surface area (Å²) in [7, 11) is 0. The summed E-state index contributed by atoms with van der Waals surface area (Å²) in [6, 6.07) is 19.7. The van der Waals surface area contributed by atoms with E-state index in [-0.39, 0.29) is 30.4 Å². The summed E-state index contributed by atoms with van der Waals surface area (Å²) < 4.78 is 48.6. The first kappa shape index (κ1) is 21.5. The van der Waals surface area contributed by atoms with Gasteiger partial charge in [0.1, 0.15) is 18.2 Å². The average molecular weight is 439 g/mol. The van der Waals surface area contributed by atoms with Crippen LogP contribution in [0.25, 0.3) is 17.2 Å². The summed E-state index contributed by atoms with van der Waals surface area (Å²) in [5.74, 6) is -1.05. The van der Waals surface area contributed by atoms with Crippen molar-refractivity contribution >= 4 is 12.2 Å². The minimum Gasteiger partial charge on any atom is -0.449 e. The van der Waals surface area contributed by atoms with E-state index < -0.39 is 18.5 Å². The lowest BCUT2D eigenvalue weighted by atomic mass is 9.98. The number of alkyl halides is 2. The van der Waals surface area contributed by atoms with Crippen LogP contribution in [0.1, 0.15) is 22.6 Å². The molecule has 7 heteroatoms. The molecule has 0 saturated heterocycles. The van der Waals surface area contributed by atoms with Gasteiger partial charge >= 0.3 is 12.7 Å². The number of ether oxygens (including phenoxy) is 2. The molecule has 0 unspecified atom stereocenters. The van der Waals surface area contributed by atoms with Crippen molar-refractivity contribution in [2.24, 2.45) is 0 Å². The third kappa shape index (κ3) is 4.61. The van der Waals surface area contributed by atoms with Crippen molar-refractivity contribution in [1.29, 1.82) is 0 Å². The number of benzene rings is 3. The largest absolute Gasteiger partial charge is 0.449 e. The van der Waals surface area contributed by atoms with Gasteiger partial charge in [0, 0.05) is 12.5 Å². The van der Waals surface area contributed by atoms with Crippen LogP contribution >= 0.6 is 0 Å². The van der Waals surface area contributed by atoms with Gasteiger partial charge in [-0.25, -0.2) is 9.18 Å². The van der Waals surface area contributed by atoms with Crippen LogP contribution in [-0.2, 0) is 4.74 Å². The lowest BCUT2D eigenvalue weighted by molar-refractivity contribution is -0.0501. The van der Waals surface area contributed by atoms with Crippen molar-refractivity contribution in [2.75, 3.05) is 13.2 Å². The van der Waals surface area contributed by atoms with Crippen LogP contribution < -0.4 is 10.1 Å². The molecular weight excluding hydrogens is 419 g/mol. The molecule has 0 spiro atoms. The van der Waals surface area contributed by atoms with Gasteiger partial charge in [-0.15, -0.1) is 0 Å². The summed E-state index contributed by atoms with van der Waals surface area (Å²) in [6.45, 7) is -2.87. The van der Waals surface area contributed by atoms with Crippen LogP contribution in [0.2, 0.25) is 0 Å². The zero-order chi connectivity index (χ0) is 22.5. The highest BCUT2D eigenvalue weighted by Crippen LogP contribution is 2.44. The van der Waals surface area contributed by atoms with Gasteiger partial charge in [0.2, 0.25) is 0 Å². The predicted molar refractivity (Wildman–Crippen MR) is 115 cm³/mol. The van der Waals surface area contributed by atoms with Crippen LogP contribution in [0.4, 0.5) is 18.0 Å². The third-order valence-corrected chi connectivity index (χ3v) is 5.22. The smallest absolute Gasteiger partial charge is 0.407 e. The molecule has 0 radical (unpaired) electrons. The average Bonchev–Trinajstić information content (AvgIpc) is 3.10. The Morgan fingerprint density at radius 1 is 0.969 bits per heavy atom. The quantitative estimate of drug-likeness (QED) is 0.493. The normalized spacial score (nSPS) is 12.6. The van der Waals surface area contributed by atoms with Crippen LogP contribution in [0.3, 0.4) is 0 Å². The van der Waals surface area contributed by atoms with Crippen molar-refractivity contribution in [3.8, 4) is 16.9 Å². The number of carbonyl (C=O) groups is 1. The van der Waals surface area contributed by atoms with Gasteiger partial charge in [-0.05, 0) is 34.4 Å². The number of rotatable bonds is 7. The van der Waals surface area contributed by atoms with E-state index in [0.717, 1.165) is 28.3 Å². The molecule has 164 valence electrons. The Kier molecular flexibility index (Phi) is 6.44. The van der Waals surface area contributed by atoms with Crippen molar-refractivity contribution in [3.05, 3.63) is 95.3 Å². The van der Waals surface area contributed by atoms with E-state index in [9.17, 15) is 18.0 Å². The zero-order valence-corrected chi connectivity index (χ0v) is 16.9. The zero-order valence-electron chi connectivity index (χ0n) is 16.9. The van der Waals surface area contributed by atoms with Gasteiger partial charge in [-0.3, -0.25) is 0 Å². The second-order valence-electron chi connectivity index (χ2n) is 7.14. The third-order valence-electron chi connectivity index (χ3n) is 5.22. The van der Waals surface area contributed by atoms with Crippen molar-refractivity contribution < 1.29 is 27.4 Å². The highest BCUT2D eigenvalue weighted by molar-refractivity contribution is 5.79. The van der Waals surface area contributed by atoms with E-state index in [1.165, 1.54) is 24.3 Å². The maximum atomic E-state index is 13.9. The van der Waals surface area contributed by atoms with Crippen LogP contribution in [0.15, 0.2) is 72.8 Å². The first-order valence-corrected chi connectivity index (χ1v) is 10.0. The number of carbonyl (C=O) groups excluding carboxylic acids is 1. The number of hydrogen-bond donors (Lipinski definition) is 1. The number of hydrogen-bond acceptors (Lipinski definition) is 3. The molecule has 0 atom stereocenters. The van der Waals surface area contributed by atoms with Gasteiger partial charge in [0.25, 0.3) is 0 Å². The SMILES string of the molecule is O=C(NCC=Cc1c(F)cccc1OC(F)F)OCC1c2ccccc2-c2ccccc21. The molecule has 1 N–H and O–H groups in total. The second kappa shape index (κ2) is 9.60. The number of amides is 1. The molecule has 0 bridgehead atoms. The summed E-state index contributed by atoms with van der Waals surface area (Å²) in [6.07, 6.45) is 2.07. The highest BCUT2D eigenvalue weighted by atomic mass is 19.3. The molecule has 0 fully saturated rings. The Morgan fingerprint density at radius 2 is 1.62 bits per heavy atom. The van der Waals surface area contributed by atoms with Crippen molar-refractivity contribution in [2.45, 2.75) is 12.5 Å². The topological polar surface area (TPSA) is 47.6 Å². The van der Waals surface area contributed by atoms with E-state index in [2.05, 4.69) is 10.1 Å². The van der Waals surface area contributed by atoms with E-state index in [4.69, 9.17) is 4.74 Å². The molecule has 1 amide bonds. The second-order valence-corrected chi connectivity index (χ2v) is 7.14.